The number of carbonyl (C=O) groups is 1. The molecule has 1 aromatic carbocycles. The molecule has 1 unspecified atom stereocenters. The number of hydrogen-bond acceptors (Lipinski definition) is 3. The predicted molar refractivity (Wildman–Crippen MR) is 78.6 cm³/mol. The van der Waals surface area contributed by atoms with Gasteiger partial charge in [0.05, 0.1) is 12.7 Å². The number of amides is 1. The molecule has 1 saturated heterocycles. The number of hydrogen-bond donors (Lipinski definition) is 2. The van der Waals surface area contributed by atoms with E-state index in [-0.39, 0.29) is 18.3 Å². The first kappa shape index (κ1) is 16.1. The van der Waals surface area contributed by atoms with Crippen molar-refractivity contribution < 1.29 is 9.53 Å². The average molecular weight is 305 g/mol. The maximum Gasteiger partial charge on any atom is 0.255 e. The van der Waals surface area contributed by atoms with Gasteiger partial charge in [-0.15, -0.1) is 12.4 Å². The summed E-state index contributed by atoms with van der Waals surface area (Å²) in [6, 6.07) is 5.04. The third-order valence-corrected chi connectivity index (χ3v) is 3.35. The molecule has 0 saturated carbocycles. The SMILES string of the molecule is COc1ccc(Cl)cc1C(=O)NCC1CCNC1.Cl. The fourth-order valence-electron chi connectivity index (χ4n) is 2.08. The normalized spacial score (nSPS) is 17.7. The van der Waals surface area contributed by atoms with Crippen LogP contribution >= 0.6 is 24.0 Å². The quantitative estimate of drug-likeness (QED) is 0.896. The fourth-order valence-corrected chi connectivity index (χ4v) is 2.25. The highest BCUT2D eigenvalue weighted by Crippen LogP contribution is 2.22. The molecule has 1 aliphatic heterocycles. The molecule has 0 radical (unpaired) electrons. The summed E-state index contributed by atoms with van der Waals surface area (Å²) in [7, 11) is 1.54. The van der Waals surface area contributed by atoms with Crippen LogP contribution in [-0.4, -0.2) is 32.7 Å². The van der Waals surface area contributed by atoms with Crippen LogP contribution in [-0.2, 0) is 0 Å². The van der Waals surface area contributed by atoms with E-state index in [0.29, 0.717) is 28.8 Å². The molecule has 6 heteroatoms. The molecule has 106 valence electrons. The molecule has 2 N–H and O–H groups in total. The Labute approximate surface area is 124 Å². The molecule has 1 heterocycles. The lowest BCUT2D eigenvalue weighted by Gasteiger charge is -2.12. The molecule has 0 spiro atoms. The van der Waals surface area contributed by atoms with Gasteiger partial charge in [0.1, 0.15) is 5.75 Å². The number of carbonyl (C=O) groups excluding carboxylic acids is 1. The van der Waals surface area contributed by atoms with Crippen molar-refractivity contribution >= 4 is 29.9 Å². The van der Waals surface area contributed by atoms with Gasteiger partial charge in [-0.3, -0.25) is 4.79 Å². The first-order valence-corrected chi connectivity index (χ1v) is 6.41. The highest BCUT2D eigenvalue weighted by Gasteiger charge is 2.17. The number of methoxy groups -OCH3 is 1. The molecule has 0 bridgehead atoms. The zero-order valence-electron chi connectivity index (χ0n) is 10.7. The maximum atomic E-state index is 12.1. The van der Waals surface area contributed by atoms with Crippen molar-refractivity contribution in [1.29, 1.82) is 0 Å². The van der Waals surface area contributed by atoms with Crippen LogP contribution in [0.1, 0.15) is 16.8 Å². The molecule has 19 heavy (non-hydrogen) atoms. The van der Waals surface area contributed by atoms with E-state index < -0.39 is 0 Å². The van der Waals surface area contributed by atoms with Crippen molar-refractivity contribution in [3.05, 3.63) is 28.8 Å². The minimum Gasteiger partial charge on any atom is -0.496 e. The van der Waals surface area contributed by atoms with Crippen molar-refractivity contribution in [2.75, 3.05) is 26.7 Å². The van der Waals surface area contributed by atoms with Crippen LogP contribution in [0, 0.1) is 5.92 Å². The van der Waals surface area contributed by atoms with Gasteiger partial charge >= 0.3 is 0 Å². The summed E-state index contributed by atoms with van der Waals surface area (Å²) in [6.07, 6.45) is 1.10. The molecule has 1 amide bonds. The van der Waals surface area contributed by atoms with Gasteiger partial charge in [-0.1, -0.05) is 11.6 Å². The minimum absolute atomic E-state index is 0. The maximum absolute atomic E-state index is 12.1. The smallest absolute Gasteiger partial charge is 0.255 e. The van der Waals surface area contributed by atoms with Gasteiger partial charge < -0.3 is 15.4 Å². The van der Waals surface area contributed by atoms with E-state index in [9.17, 15) is 4.79 Å². The highest BCUT2D eigenvalue weighted by molar-refractivity contribution is 6.31. The Bertz CT molecular complexity index is 435. The van der Waals surface area contributed by atoms with Crippen LogP contribution in [0.4, 0.5) is 0 Å². The summed E-state index contributed by atoms with van der Waals surface area (Å²) < 4.78 is 5.16. The number of ether oxygens (including phenoxy) is 1. The average Bonchev–Trinajstić information content (AvgIpc) is 2.89. The van der Waals surface area contributed by atoms with E-state index in [1.165, 1.54) is 0 Å². The molecule has 1 aromatic rings. The Morgan fingerprint density at radius 1 is 1.58 bits per heavy atom. The second kappa shape index (κ2) is 7.58. The first-order chi connectivity index (χ1) is 8.70. The van der Waals surface area contributed by atoms with Crippen LogP contribution in [0.3, 0.4) is 0 Å². The van der Waals surface area contributed by atoms with Crippen molar-refractivity contribution in [2.24, 2.45) is 5.92 Å². The standard InChI is InChI=1S/C13H17ClN2O2.ClH/c1-18-12-3-2-10(14)6-11(12)13(17)16-8-9-4-5-15-7-9;/h2-3,6,9,15H,4-5,7-8H2,1H3,(H,16,17);1H. The van der Waals surface area contributed by atoms with Crippen LogP contribution in [0.25, 0.3) is 0 Å². The third kappa shape index (κ3) is 4.27. The van der Waals surface area contributed by atoms with E-state index in [1.54, 1.807) is 25.3 Å². The Balaban J connectivity index is 0.00000180. The monoisotopic (exact) mass is 304 g/mol. The summed E-state index contributed by atoms with van der Waals surface area (Å²) in [5.41, 5.74) is 0.482. The van der Waals surface area contributed by atoms with Crippen molar-refractivity contribution in [1.82, 2.24) is 10.6 Å². The summed E-state index contributed by atoms with van der Waals surface area (Å²) in [5, 5.41) is 6.73. The Kier molecular flexibility index (Phi) is 6.42. The summed E-state index contributed by atoms with van der Waals surface area (Å²) in [4.78, 5) is 12.1. The largest absolute Gasteiger partial charge is 0.496 e. The highest BCUT2D eigenvalue weighted by atomic mass is 35.5. The lowest BCUT2D eigenvalue weighted by molar-refractivity contribution is 0.0945. The lowest BCUT2D eigenvalue weighted by atomic mass is 10.1. The topological polar surface area (TPSA) is 50.4 Å². The molecule has 0 aliphatic carbocycles. The Morgan fingerprint density at radius 3 is 3.00 bits per heavy atom. The molecule has 2 rings (SSSR count). The summed E-state index contributed by atoms with van der Waals surface area (Å²) >= 11 is 5.90. The molecular formula is C13H18Cl2N2O2. The van der Waals surface area contributed by atoms with Gasteiger partial charge in [0.2, 0.25) is 0 Å². The van der Waals surface area contributed by atoms with Crippen molar-refractivity contribution in [3.63, 3.8) is 0 Å². The fraction of sp³-hybridized carbons (Fsp3) is 0.462. The summed E-state index contributed by atoms with van der Waals surface area (Å²) in [5.74, 6) is 0.918. The van der Waals surface area contributed by atoms with Crippen LogP contribution < -0.4 is 15.4 Å². The number of rotatable bonds is 4. The summed E-state index contributed by atoms with van der Waals surface area (Å²) in [6.45, 7) is 2.68. The lowest BCUT2D eigenvalue weighted by Crippen LogP contribution is -2.30. The van der Waals surface area contributed by atoms with Gasteiger partial charge in [-0.2, -0.15) is 0 Å². The number of benzene rings is 1. The van der Waals surface area contributed by atoms with Crippen LogP contribution in [0.5, 0.6) is 5.75 Å². The zero-order valence-corrected chi connectivity index (χ0v) is 12.3. The molecule has 1 fully saturated rings. The number of halogens is 2. The Hall–Kier alpha value is -0.970. The van der Waals surface area contributed by atoms with E-state index in [1.807, 2.05) is 0 Å². The van der Waals surface area contributed by atoms with E-state index in [0.717, 1.165) is 19.5 Å². The molecule has 1 atom stereocenters. The molecule has 4 nitrogen and oxygen atoms in total. The van der Waals surface area contributed by atoms with Gasteiger partial charge in [0, 0.05) is 11.6 Å². The van der Waals surface area contributed by atoms with E-state index in [4.69, 9.17) is 16.3 Å². The number of nitrogens with one attached hydrogen (secondary N) is 2. The van der Waals surface area contributed by atoms with E-state index in [2.05, 4.69) is 10.6 Å². The van der Waals surface area contributed by atoms with Gasteiger partial charge in [-0.25, -0.2) is 0 Å². The van der Waals surface area contributed by atoms with Crippen LogP contribution in [0.2, 0.25) is 5.02 Å². The first-order valence-electron chi connectivity index (χ1n) is 6.03. The third-order valence-electron chi connectivity index (χ3n) is 3.12. The molecule has 1 aliphatic rings. The Morgan fingerprint density at radius 2 is 2.37 bits per heavy atom. The second-order valence-electron chi connectivity index (χ2n) is 4.41. The van der Waals surface area contributed by atoms with Crippen molar-refractivity contribution in [3.8, 4) is 5.75 Å². The van der Waals surface area contributed by atoms with Gasteiger partial charge in [-0.05, 0) is 43.6 Å². The zero-order chi connectivity index (χ0) is 13.0. The minimum atomic E-state index is -0.138. The molecular weight excluding hydrogens is 287 g/mol. The van der Waals surface area contributed by atoms with E-state index >= 15 is 0 Å². The van der Waals surface area contributed by atoms with Crippen molar-refractivity contribution in [2.45, 2.75) is 6.42 Å². The molecule has 0 aromatic heterocycles. The van der Waals surface area contributed by atoms with Gasteiger partial charge in [0.25, 0.3) is 5.91 Å². The predicted octanol–water partition coefficient (Wildman–Crippen LogP) is 2.11. The second-order valence-corrected chi connectivity index (χ2v) is 4.85. The van der Waals surface area contributed by atoms with Gasteiger partial charge in [0.15, 0.2) is 0 Å². The van der Waals surface area contributed by atoms with Crippen LogP contribution in [0.15, 0.2) is 18.2 Å².